The van der Waals surface area contributed by atoms with Gasteiger partial charge < -0.3 is 5.73 Å². The highest BCUT2D eigenvalue weighted by molar-refractivity contribution is 14.1. The maximum atomic E-state index is 5.99. The summed E-state index contributed by atoms with van der Waals surface area (Å²) in [5.41, 5.74) is 7.47. The SMILES string of the molecule is CC(C)C1CCC(CN)C(Cc2ccc(I)cc2)C1. The van der Waals surface area contributed by atoms with E-state index in [0.29, 0.717) is 0 Å². The Morgan fingerprint density at radius 2 is 1.84 bits per heavy atom. The second-order valence-electron chi connectivity index (χ2n) is 6.40. The quantitative estimate of drug-likeness (QED) is 0.776. The molecule has 0 amide bonds. The second kappa shape index (κ2) is 7.07. The fourth-order valence-electron chi connectivity index (χ4n) is 3.45. The minimum absolute atomic E-state index is 0.731. The Bertz CT molecular complexity index is 385. The number of nitrogens with two attached hydrogens (primary N) is 1. The average Bonchev–Trinajstić information content (AvgIpc) is 2.41. The van der Waals surface area contributed by atoms with Crippen molar-refractivity contribution in [2.45, 2.75) is 39.5 Å². The van der Waals surface area contributed by atoms with Gasteiger partial charge in [0, 0.05) is 3.57 Å². The van der Waals surface area contributed by atoms with Crippen molar-refractivity contribution in [1.82, 2.24) is 0 Å². The Morgan fingerprint density at radius 3 is 2.42 bits per heavy atom. The summed E-state index contributed by atoms with van der Waals surface area (Å²) in [5, 5.41) is 0. The van der Waals surface area contributed by atoms with Crippen molar-refractivity contribution < 1.29 is 0 Å². The highest BCUT2D eigenvalue weighted by Crippen LogP contribution is 2.38. The zero-order valence-corrected chi connectivity index (χ0v) is 14.3. The van der Waals surface area contributed by atoms with Crippen LogP contribution in [0.4, 0.5) is 0 Å². The van der Waals surface area contributed by atoms with E-state index in [4.69, 9.17) is 5.73 Å². The third kappa shape index (κ3) is 4.19. The standard InChI is InChI=1S/C17H26IN/c1-12(2)14-5-6-15(11-19)16(10-14)9-13-3-7-17(18)8-4-13/h3-4,7-8,12,14-16H,5-6,9-11,19H2,1-2H3. The van der Waals surface area contributed by atoms with Crippen molar-refractivity contribution >= 4 is 22.6 Å². The average molecular weight is 371 g/mol. The first-order valence-corrected chi connectivity index (χ1v) is 8.62. The van der Waals surface area contributed by atoms with Crippen LogP contribution in [-0.2, 0) is 6.42 Å². The zero-order valence-electron chi connectivity index (χ0n) is 12.1. The van der Waals surface area contributed by atoms with Gasteiger partial charge in [-0.25, -0.2) is 0 Å². The van der Waals surface area contributed by atoms with Crippen LogP contribution in [0.1, 0.15) is 38.7 Å². The van der Waals surface area contributed by atoms with Gasteiger partial charge >= 0.3 is 0 Å². The maximum absolute atomic E-state index is 5.99. The Balaban J connectivity index is 2.03. The van der Waals surface area contributed by atoms with Crippen LogP contribution < -0.4 is 5.73 Å². The van der Waals surface area contributed by atoms with Crippen molar-refractivity contribution in [3.05, 3.63) is 33.4 Å². The monoisotopic (exact) mass is 371 g/mol. The maximum Gasteiger partial charge on any atom is 0.0130 e. The third-order valence-electron chi connectivity index (χ3n) is 4.84. The van der Waals surface area contributed by atoms with E-state index in [1.54, 1.807) is 0 Å². The lowest BCUT2D eigenvalue weighted by Gasteiger charge is -2.37. The molecule has 19 heavy (non-hydrogen) atoms. The Kier molecular flexibility index (Phi) is 5.70. The molecule has 106 valence electrons. The lowest BCUT2D eigenvalue weighted by atomic mass is 9.69. The van der Waals surface area contributed by atoms with E-state index in [1.165, 1.54) is 34.8 Å². The van der Waals surface area contributed by atoms with E-state index in [0.717, 1.165) is 30.2 Å². The Labute approximate surface area is 131 Å². The van der Waals surface area contributed by atoms with E-state index in [1.807, 2.05) is 0 Å². The molecule has 0 radical (unpaired) electrons. The first kappa shape index (κ1) is 15.3. The van der Waals surface area contributed by atoms with Crippen LogP contribution in [0, 0.1) is 27.2 Å². The number of benzene rings is 1. The third-order valence-corrected chi connectivity index (χ3v) is 5.56. The molecule has 1 fully saturated rings. The molecule has 1 aromatic carbocycles. The summed E-state index contributed by atoms with van der Waals surface area (Å²) in [6.07, 6.45) is 5.28. The first-order valence-electron chi connectivity index (χ1n) is 7.54. The summed E-state index contributed by atoms with van der Waals surface area (Å²) in [6.45, 7) is 5.60. The van der Waals surface area contributed by atoms with Crippen LogP contribution in [0.15, 0.2) is 24.3 Å². The summed E-state index contributed by atoms with van der Waals surface area (Å²) in [6, 6.07) is 9.01. The van der Waals surface area contributed by atoms with E-state index >= 15 is 0 Å². The topological polar surface area (TPSA) is 26.0 Å². The molecule has 2 N–H and O–H groups in total. The van der Waals surface area contributed by atoms with Gasteiger partial charge in [-0.15, -0.1) is 0 Å². The number of halogens is 1. The smallest absolute Gasteiger partial charge is 0.0130 e. The van der Waals surface area contributed by atoms with Gasteiger partial charge in [-0.3, -0.25) is 0 Å². The fourth-order valence-corrected chi connectivity index (χ4v) is 3.81. The fraction of sp³-hybridized carbons (Fsp3) is 0.647. The summed E-state index contributed by atoms with van der Waals surface area (Å²) >= 11 is 2.37. The molecule has 0 spiro atoms. The molecular formula is C17H26IN. The molecule has 1 aliphatic rings. The van der Waals surface area contributed by atoms with Crippen LogP contribution in [0.5, 0.6) is 0 Å². The Hall–Kier alpha value is -0.0900. The molecule has 1 nitrogen and oxygen atoms in total. The van der Waals surface area contributed by atoms with Gasteiger partial charge in [0.1, 0.15) is 0 Å². The van der Waals surface area contributed by atoms with Gasteiger partial charge in [0.2, 0.25) is 0 Å². The largest absolute Gasteiger partial charge is 0.330 e. The summed E-state index contributed by atoms with van der Waals surface area (Å²) in [4.78, 5) is 0. The van der Waals surface area contributed by atoms with Crippen molar-refractivity contribution in [2.75, 3.05) is 6.54 Å². The van der Waals surface area contributed by atoms with E-state index < -0.39 is 0 Å². The Morgan fingerprint density at radius 1 is 1.16 bits per heavy atom. The van der Waals surface area contributed by atoms with Gasteiger partial charge in [-0.2, -0.15) is 0 Å². The van der Waals surface area contributed by atoms with Gasteiger partial charge in [-0.1, -0.05) is 26.0 Å². The predicted octanol–water partition coefficient (Wildman–Crippen LogP) is 4.48. The highest BCUT2D eigenvalue weighted by Gasteiger charge is 2.30. The summed E-state index contributed by atoms with van der Waals surface area (Å²) in [5.74, 6) is 3.23. The number of hydrogen-bond acceptors (Lipinski definition) is 1. The molecule has 0 aromatic heterocycles. The van der Waals surface area contributed by atoms with Crippen LogP contribution in [0.2, 0.25) is 0 Å². The minimum atomic E-state index is 0.731. The zero-order chi connectivity index (χ0) is 13.8. The van der Waals surface area contributed by atoms with Crippen LogP contribution in [0.3, 0.4) is 0 Å². The molecule has 1 aliphatic carbocycles. The molecule has 1 saturated carbocycles. The lowest BCUT2D eigenvalue weighted by Crippen LogP contribution is -2.33. The van der Waals surface area contributed by atoms with Gasteiger partial charge in [-0.05, 0) is 96.2 Å². The number of hydrogen-bond donors (Lipinski definition) is 1. The molecule has 2 rings (SSSR count). The highest BCUT2D eigenvalue weighted by atomic mass is 127. The predicted molar refractivity (Wildman–Crippen MR) is 91.1 cm³/mol. The van der Waals surface area contributed by atoms with Crippen molar-refractivity contribution in [1.29, 1.82) is 0 Å². The van der Waals surface area contributed by atoms with Crippen molar-refractivity contribution in [3.63, 3.8) is 0 Å². The van der Waals surface area contributed by atoms with E-state index in [9.17, 15) is 0 Å². The van der Waals surface area contributed by atoms with Gasteiger partial charge in [0.15, 0.2) is 0 Å². The molecule has 1 aromatic rings. The lowest BCUT2D eigenvalue weighted by molar-refractivity contribution is 0.151. The van der Waals surface area contributed by atoms with Gasteiger partial charge in [0.25, 0.3) is 0 Å². The molecule has 0 aliphatic heterocycles. The molecular weight excluding hydrogens is 345 g/mol. The van der Waals surface area contributed by atoms with Gasteiger partial charge in [0.05, 0.1) is 0 Å². The van der Waals surface area contributed by atoms with E-state index in [-0.39, 0.29) is 0 Å². The van der Waals surface area contributed by atoms with Crippen molar-refractivity contribution in [3.8, 4) is 0 Å². The molecule has 0 bridgehead atoms. The van der Waals surface area contributed by atoms with E-state index in [2.05, 4.69) is 60.7 Å². The number of rotatable bonds is 4. The van der Waals surface area contributed by atoms with Crippen LogP contribution in [0.25, 0.3) is 0 Å². The molecule has 3 atom stereocenters. The minimum Gasteiger partial charge on any atom is -0.330 e. The molecule has 0 heterocycles. The summed E-state index contributed by atoms with van der Waals surface area (Å²) < 4.78 is 1.32. The van der Waals surface area contributed by atoms with Crippen LogP contribution in [-0.4, -0.2) is 6.54 Å². The molecule has 3 unspecified atom stereocenters. The first-order chi connectivity index (χ1) is 9.10. The normalized spacial score (nSPS) is 27.7. The molecule has 0 saturated heterocycles. The molecule has 2 heteroatoms. The second-order valence-corrected chi connectivity index (χ2v) is 7.65. The summed E-state index contributed by atoms with van der Waals surface area (Å²) in [7, 11) is 0. The van der Waals surface area contributed by atoms with Crippen LogP contribution >= 0.6 is 22.6 Å². The van der Waals surface area contributed by atoms with Crippen molar-refractivity contribution in [2.24, 2.45) is 29.4 Å².